The highest BCUT2D eigenvalue weighted by atomic mass is 16.5. The molecule has 1 N–H and O–H groups in total. The number of esters is 1. The SMILES string of the molecule is COc1cc(C[C@H]2C(=O)OC[C@@H]2Cc2ccc3c4c2OC[C@@H]4[C@@H](c2ccc(OC)c(OC)c2)O3)ccc1O. The second kappa shape index (κ2) is 9.67. The van der Waals surface area contributed by atoms with E-state index in [-0.39, 0.29) is 35.6 Å². The van der Waals surface area contributed by atoms with Crippen molar-refractivity contribution in [2.24, 2.45) is 11.8 Å². The first kappa shape index (κ1) is 24.3. The van der Waals surface area contributed by atoms with E-state index in [1.54, 1.807) is 26.4 Å². The van der Waals surface area contributed by atoms with Crippen molar-refractivity contribution in [2.75, 3.05) is 34.5 Å². The van der Waals surface area contributed by atoms with Crippen LogP contribution in [-0.2, 0) is 22.4 Å². The normalized spacial score (nSPS) is 22.9. The van der Waals surface area contributed by atoms with Gasteiger partial charge in [0, 0.05) is 11.5 Å². The van der Waals surface area contributed by atoms with Gasteiger partial charge < -0.3 is 33.5 Å². The predicted octanol–water partition coefficient (Wildman–Crippen LogP) is 4.60. The molecule has 1 saturated heterocycles. The summed E-state index contributed by atoms with van der Waals surface area (Å²) in [6, 6.07) is 15.1. The van der Waals surface area contributed by atoms with E-state index in [4.69, 9.17) is 28.4 Å². The molecule has 3 aromatic rings. The van der Waals surface area contributed by atoms with Crippen LogP contribution >= 0.6 is 0 Å². The summed E-state index contributed by atoms with van der Waals surface area (Å²) < 4.78 is 34.3. The molecule has 0 spiro atoms. The van der Waals surface area contributed by atoms with Crippen molar-refractivity contribution >= 4 is 5.97 Å². The smallest absolute Gasteiger partial charge is 0.309 e. The van der Waals surface area contributed by atoms with Gasteiger partial charge in [-0.3, -0.25) is 4.79 Å². The fourth-order valence-corrected chi connectivity index (χ4v) is 5.90. The van der Waals surface area contributed by atoms with E-state index in [1.807, 2.05) is 36.4 Å². The highest BCUT2D eigenvalue weighted by Gasteiger charge is 2.45. The van der Waals surface area contributed by atoms with Crippen LogP contribution in [0.25, 0.3) is 0 Å². The van der Waals surface area contributed by atoms with E-state index < -0.39 is 0 Å². The van der Waals surface area contributed by atoms with Crippen LogP contribution < -0.4 is 23.7 Å². The quantitative estimate of drug-likeness (QED) is 0.433. The fourth-order valence-electron chi connectivity index (χ4n) is 5.90. The number of cyclic esters (lactones) is 1. The molecule has 0 amide bonds. The van der Waals surface area contributed by atoms with Crippen molar-refractivity contribution in [3.8, 4) is 34.5 Å². The first-order valence-corrected chi connectivity index (χ1v) is 12.7. The predicted molar refractivity (Wildman–Crippen MR) is 138 cm³/mol. The zero-order chi connectivity index (χ0) is 26.4. The molecule has 198 valence electrons. The van der Waals surface area contributed by atoms with Gasteiger partial charge >= 0.3 is 5.97 Å². The lowest BCUT2D eigenvalue weighted by Gasteiger charge is -2.19. The van der Waals surface area contributed by atoms with E-state index in [9.17, 15) is 9.90 Å². The summed E-state index contributed by atoms with van der Waals surface area (Å²) in [6.45, 7) is 0.888. The molecule has 8 heteroatoms. The van der Waals surface area contributed by atoms with Crippen molar-refractivity contribution in [3.63, 3.8) is 0 Å². The lowest BCUT2D eigenvalue weighted by molar-refractivity contribution is -0.141. The molecule has 0 aliphatic carbocycles. The third-order valence-electron chi connectivity index (χ3n) is 7.86. The number of benzene rings is 3. The molecule has 3 aromatic carbocycles. The van der Waals surface area contributed by atoms with E-state index in [0.29, 0.717) is 43.3 Å². The summed E-state index contributed by atoms with van der Waals surface area (Å²) in [6.07, 6.45) is 0.978. The summed E-state index contributed by atoms with van der Waals surface area (Å²) in [7, 11) is 4.75. The second-order valence-corrected chi connectivity index (χ2v) is 9.95. The van der Waals surface area contributed by atoms with Crippen LogP contribution in [0.4, 0.5) is 0 Å². The van der Waals surface area contributed by atoms with Gasteiger partial charge in [-0.25, -0.2) is 0 Å². The molecule has 3 aliphatic heterocycles. The van der Waals surface area contributed by atoms with Crippen molar-refractivity contribution in [3.05, 3.63) is 70.8 Å². The Morgan fingerprint density at radius 3 is 2.47 bits per heavy atom. The van der Waals surface area contributed by atoms with E-state index in [1.165, 1.54) is 7.11 Å². The van der Waals surface area contributed by atoms with Crippen LogP contribution in [0.15, 0.2) is 48.5 Å². The Morgan fingerprint density at radius 1 is 0.868 bits per heavy atom. The molecule has 0 saturated carbocycles. The van der Waals surface area contributed by atoms with Crippen LogP contribution in [0.1, 0.15) is 34.3 Å². The Labute approximate surface area is 221 Å². The molecular weight excluding hydrogens is 488 g/mol. The van der Waals surface area contributed by atoms with Gasteiger partial charge in [-0.15, -0.1) is 0 Å². The summed E-state index contributed by atoms with van der Waals surface area (Å²) in [5.74, 6) is 3.07. The highest BCUT2D eigenvalue weighted by molar-refractivity contribution is 5.75. The van der Waals surface area contributed by atoms with Gasteiger partial charge in [0.25, 0.3) is 0 Å². The Hall–Kier alpha value is -4.07. The minimum absolute atomic E-state index is 0.00298. The van der Waals surface area contributed by atoms with E-state index >= 15 is 0 Å². The van der Waals surface area contributed by atoms with Crippen LogP contribution in [-0.4, -0.2) is 45.6 Å². The average molecular weight is 519 g/mol. The lowest BCUT2D eigenvalue weighted by atomic mass is 9.84. The highest BCUT2D eigenvalue weighted by Crippen LogP contribution is 2.55. The van der Waals surface area contributed by atoms with Gasteiger partial charge in [-0.05, 0) is 59.9 Å². The number of ether oxygens (including phenoxy) is 6. The molecule has 38 heavy (non-hydrogen) atoms. The molecule has 0 bridgehead atoms. The minimum atomic E-state index is -0.294. The van der Waals surface area contributed by atoms with Crippen molar-refractivity contribution in [2.45, 2.75) is 24.9 Å². The van der Waals surface area contributed by atoms with Gasteiger partial charge in [-0.1, -0.05) is 18.2 Å². The monoisotopic (exact) mass is 518 g/mol. The zero-order valence-corrected chi connectivity index (χ0v) is 21.6. The molecule has 3 heterocycles. The molecule has 0 unspecified atom stereocenters. The summed E-state index contributed by atoms with van der Waals surface area (Å²) in [4.78, 5) is 12.7. The average Bonchev–Trinajstić information content (AvgIpc) is 3.64. The standard InChI is InChI=1S/C30H30O8/c1-33-23-8-5-18(13-26(23)35-3)28-21-15-36-29-17(6-9-24(38-28)27(21)29)12-19-14-37-30(32)20(19)10-16-4-7-22(31)25(11-16)34-2/h4-9,11,13,19-21,28,31H,10,12,14-15H2,1-3H3/t19-,20+,21-,28+/m0/s1. The summed E-state index contributed by atoms with van der Waals surface area (Å²) in [5, 5.41) is 9.92. The van der Waals surface area contributed by atoms with E-state index in [0.717, 1.165) is 33.8 Å². The number of methoxy groups -OCH3 is 3. The third kappa shape index (κ3) is 4.04. The maximum absolute atomic E-state index is 12.7. The Morgan fingerprint density at radius 2 is 1.68 bits per heavy atom. The fraction of sp³-hybridized carbons (Fsp3) is 0.367. The first-order valence-electron chi connectivity index (χ1n) is 12.7. The van der Waals surface area contributed by atoms with Gasteiger partial charge in [0.1, 0.15) is 17.6 Å². The van der Waals surface area contributed by atoms with Gasteiger partial charge in [0.05, 0.1) is 46.4 Å². The number of phenolic OH excluding ortho intramolecular Hbond substituents is 1. The molecule has 3 aliphatic rings. The molecule has 4 atom stereocenters. The second-order valence-electron chi connectivity index (χ2n) is 9.95. The van der Waals surface area contributed by atoms with Gasteiger partial charge in [-0.2, -0.15) is 0 Å². The minimum Gasteiger partial charge on any atom is -0.504 e. The largest absolute Gasteiger partial charge is 0.504 e. The molecule has 0 radical (unpaired) electrons. The summed E-state index contributed by atoms with van der Waals surface area (Å²) in [5.41, 5.74) is 4.06. The molecule has 6 rings (SSSR count). The number of aromatic hydroxyl groups is 1. The number of carbonyl (C=O) groups is 1. The van der Waals surface area contributed by atoms with Crippen molar-refractivity contribution in [1.29, 1.82) is 0 Å². The molecule has 8 nitrogen and oxygen atoms in total. The van der Waals surface area contributed by atoms with Crippen LogP contribution in [0, 0.1) is 11.8 Å². The Kier molecular flexibility index (Phi) is 6.18. The number of hydrogen-bond donors (Lipinski definition) is 1. The lowest BCUT2D eigenvalue weighted by Crippen LogP contribution is -2.21. The molecule has 1 fully saturated rings. The molecule has 0 aromatic heterocycles. The van der Waals surface area contributed by atoms with Gasteiger partial charge in [0.2, 0.25) is 0 Å². The van der Waals surface area contributed by atoms with Gasteiger partial charge in [0.15, 0.2) is 23.0 Å². The number of carbonyl (C=O) groups excluding carboxylic acids is 1. The van der Waals surface area contributed by atoms with Crippen molar-refractivity contribution in [1.82, 2.24) is 0 Å². The third-order valence-corrected chi connectivity index (χ3v) is 7.86. The Bertz CT molecular complexity index is 1380. The topological polar surface area (TPSA) is 92.7 Å². The number of hydrogen-bond acceptors (Lipinski definition) is 8. The van der Waals surface area contributed by atoms with Crippen LogP contribution in [0.5, 0.6) is 34.5 Å². The van der Waals surface area contributed by atoms with E-state index in [2.05, 4.69) is 0 Å². The van der Waals surface area contributed by atoms with Crippen LogP contribution in [0.3, 0.4) is 0 Å². The molecular formula is C30H30O8. The maximum atomic E-state index is 12.7. The van der Waals surface area contributed by atoms with Crippen molar-refractivity contribution < 1.29 is 38.3 Å². The Balaban J connectivity index is 1.23. The first-order chi connectivity index (χ1) is 18.5. The number of rotatable bonds is 8. The zero-order valence-electron chi connectivity index (χ0n) is 21.6. The number of phenols is 1. The van der Waals surface area contributed by atoms with Crippen LogP contribution in [0.2, 0.25) is 0 Å². The summed E-state index contributed by atoms with van der Waals surface area (Å²) >= 11 is 0. The maximum Gasteiger partial charge on any atom is 0.309 e.